The Hall–Kier alpha value is -1.41. The van der Waals surface area contributed by atoms with Gasteiger partial charge in [-0.25, -0.2) is 4.39 Å². The van der Waals surface area contributed by atoms with Crippen LogP contribution in [0.2, 0.25) is 0 Å². The van der Waals surface area contributed by atoms with Crippen LogP contribution >= 0.6 is 0 Å². The molecule has 1 saturated heterocycles. The molecule has 24 heavy (non-hydrogen) atoms. The number of piperazine rings is 1. The molecule has 0 radical (unpaired) electrons. The van der Waals surface area contributed by atoms with E-state index in [1.807, 2.05) is 13.1 Å². The highest BCUT2D eigenvalue weighted by molar-refractivity contribution is 5.94. The first-order valence-corrected chi connectivity index (χ1v) is 7.29. The minimum Gasteiger partial charge on any atom is -1.00 e. The summed E-state index contributed by atoms with van der Waals surface area (Å²) in [5.74, 6) is -2.12. The molecule has 0 amide bonds. The van der Waals surface area contributed by atoms with E-state index >= 15 is 0 Å². The fourth-order valence-electron chi connectivity index (χ4n) is 2.61. The SMILES string of the molecule is C[N+]1(Cc2cccc(F)c2)CCN(C=CC(=O)C(F)(F)F)CC1.[Br-]. The van der Waals surface area contributed by atoms with Gasteiger partial charge in [-0.3, -0.25) is 4.79 Å². The normalized spacial score (nSPS) is 17.6. The second-order valence-electron chi connectivity index (χ2n) is 6.07. The summed E-state index contributed by atoms with van der Waals surface area (Å²) in [6.07, 6.45) is -3.04. The van der Waals surface area contributed by atoms with Gasteiger partial charge in [0.05, 0.1) is 33.2 Å². The number of ketones is 1. The fourth-order valence-corrected chi connectivity index (χ4v) is 2.61. The van der Waals surface area contributed by atoms with Crippen LogP contribution in [-0.2, 0) is 11.3 Å². The topological polar surface area (TPSA) is 20.3 Å². The quantitative estimate of drug-likeness (QED) is 0.387. The van der Waals surface area contributed by atoms with Gasteiger partial charge >= 0.3 is 6.18 Å². The number of nitrogens with zero attached hydrogens (tertiary/aromatic N) is 2. The zero-order valence-electron chi connectivity index (χ0n) is 13.2. The van der Waals surface area contributed by atoms with E-state index in [4.69, 9.17) is 0 Å². The van der Waals surface area contributed by atoms with Crippen LogP contribution < -0.4 is 17.0 Å². The number of halogens is 5. The van der Waals surface area contributed by atoms with Crippen LogP contribution in [0, 0.1) is 5.82 Å². The smallest absolute Gasteiger partial charge is 0.454 e. The Morgan fingerprint density at radius 1 is 1.29 bits per heavy atom. The Morgan fingerprint density at radius 3 is 2.46 bits per heavy atom. The molecule has 1 fully saturated rings. The van der Waals surface area contributed by atoms with Gasteiger partial charge in [0.25, 0.3) is 5.78 Å². The number of carbonyl (C=O) groups excluding carboxylic acids is 1. The van der Waals surface area contributed by atoms with E-state index in [0.29, 0.717) is 43.3 Å². The lowest BCUT2D eigenvalue weighted by atomic mass is 10.1. The molecule has 1 aromatic rings. The van der Waals surface area contributed by atoms with Crippen LogP contribution in [0.4, 0.5) is 17.6 Å². The number of benzene rings is 1. The largest absolute Gasteiger partial charge is 1.00 e. The second-order valence-corrected chi connectivity index (χ2v) is 6.07. The van der Waals surface area contributed by atoms with Crippen molar-refractivity contribution in [2.45, 2.75) is 12.7 Å². The second kappa shape index (κ2) is 8.11. The number of likely N-dealkylation sites (N-methyl/N-ethyl adjacent to an activating group) is 1. The van der Waals surface area contributed by atoms with Crippen LogP contribution in [0.15, 0.2) is 36.5 Å². The highest BCUT2D eigenvalue weighted by Gasteiger charge is 2.36. The molecule has 0 aromatic heterocycles. The number of allylic oxidation sites excluding steroid dienone is 1. The van der Waals surface area contributed by atoms with Gasteiger partial charge in [0.1, 0.15) is 12.4 Å². The van der Waals surface area contributed by atoms with Crippen molar-refractivity contribution in [1.29, 1.82) is 0 Å². The van der Waals surface area contributed by atoms with E-state index in [1.54, 1.807) is 11.0 Å². The van der Waals surface area contributed by atoms with Crippen molar-refractivity contribution in [1.82, 2.24) is 4.90 Å². The summed E-state index contributed by atoms with van der Waals surface area (Å²) in [6.45, 7) is 3.18. The van der Waals surface area contributed by atoms with Gasteiger partial charge < -0.3 is 26.4 Å². The van der Waals surface area contributed by atoms with Crippen LogP contribution in [0.3, 0.4) is 0 Å². The fraction of sp³-hybridized carbons (Fsp3) is 0.438. The van der Waals surface area contributed by atoms with Gasteiger partial charge in [-0.05, 0) is 12.1 Å². The Kier molecular flexibility index (Phi) is 6.97. The van der Waals surface area contributed by atoms with E-state index < -0.39 is 12.0 Å². The number of quaternary nitrogens is 1. The molecule has 1 aliphatic rings. The molecule has 0 aliphatic carbocycles. The minimum absolute atomic E-state index is 0. The van der Waals surface area contributed by atoms with Crippen LogP contribution in [0.25, 0.3) is 0 Å². The molecule has 0 atom stereocenters. The van der Waals surface area contributed by atoms with Gasteiger partial charge in [-0.1, -0.05) is 12.1 Å². The summed E-state index contributed by atoms with van der Waals surface area (Å²) in [5, 5.41) is 0. The minimum atomic E-state index is -4.83. The van der Waals surface area contributed by atoms with E-state index in [-0.39, 0.29) is 22.8 Å². The van der Waals surface area contributed by atoms with Crippen LogP contribution in [0.5, 0.6) is 0 Å². The first kappa shape index (κ1) is 20.6. The lowest BCUT2D eigenvalue weighted by Crippen LogP contribution is -3.00. The first-order valence-electron chi connectivity index (χ1n) is 7.29. The van der Waals surface area contributed by atoms with Crippen molar-refractivity contribution in [3.63, 3.8) is 0 Å². The molecular formula is C16H19BrF4N2O. The molecule has 2 rings (SSSR count). The predicted molar refractivity (Wildman–Crippen MR) is 77.8 cm³/mol. The molecule has 0 saturated carbocycles. The maximum Gasteiger partial charge on any atom is 0.454 e. The Labute approximate surface area is 148 Å². The number of alkyl halides is 3. The molecular weight excluding hydrogens is 392 g/mol. The van der Waals surface area contributed by atoms with Gasteiger partial charge in [-0.2, -0.15) is 13.2 Å². The molecule has 3 nitrogen and oxygen atoms in total. The molecule has 1 aliphatic heterocycles. The summed E-state index contributed by atoms with van der Waals surface area (Å²) >= 11 is 0. The maximum atomic E-state index is 13.2. The predicted octanol–water partition coefficient (Wildman–Crippen LogP) is -0.263. The summed E-state index contributed by atoms with van der Waals surface area (Å²) < 4.78 is 50.4. The molecule has 0 bridgehead atoms. The van der Waals surface area contributed by atoms with Crippen molar-refractivity contribution in [2.75, 3.05) is 33.2 Å². The maximum absolute atomic E-state index is 13.2. The average molecular weight is 411 g/mol. The van der Waals surface area contributed by atoms with Crippen LogP contribution in [-0.4, -0.2) is 54.6 Å². The molecule has 8 heteroatoms. The van der Waals surface area contributed by atoms with Crippen molar-refractivity contribution in [3.8, 4) is 0 Å². The van der Waals surface area contributed by atoms with E-state index in [1.165, 1.54) is 18.3 Å². The third-order valence-electron chi connectivity index (χ3n) is 4.02. The third-order valence-corrected chi connectivity index (χ3v) is 4.02. The standard InChI is InChI=1S/C16H19F4N2O.BrH/c1-22(12-13-3-2-4-14(17)11-13)9-7-21(8-10-22)6-5-15(23)16(18,19)20;/h2-6,11H,7-10,12H2,1H3;1H/q+1;/p-1. The molecule has 1 heterocycles. The van der Waals surface area contributed by atoms with Crippen molar-refractivity contribution >= 4 is 5.78 Å². The molecule has 0 spiro atoms. The van der Waals surface area contributed by atoms with E-state index in [0.717, 1.165) is 5.56 Å². The molecule has 0 unspecified atom stereocenters. The number of rotatable bonds is 4. The average Bonchev–Trinajstić information content (AvgIpc) is 2.45. The number of hydrogen-bond donors (Lipinski definition) is 0. The number of hydrogen-bond acceptors (Lipinski definition) is 2. The first-order chi connectivity index (χ1) is 10.7. The van der Waals surface area contributed by atoms with Crippen LogP contribution in [0.1, 0.15) is 5.56 Å². The van der Waals surface area contributed by atoms with Crippen molar-refractivity contribution in [2.24, 2.45) is 0 Å². The summed E-state index contributed by atoms with van der Waals surface area (Å²) in [4.78, 5) is 12.5. The highest BCUT2D eigenvalue weighted by Crippen LogP contribution is 2.19. The zero-order chi connectivity index (χ0) is 17.1. The lowest BCUT2D eigenvalue weighted by Gasteiger charge is -2.41. The summed E-state index contributed by atoms with van der Waals surface area (Å²) in [5.41, 5.74) is 0.892. The third kappa shape index (κ3) is 5.90. The Morgan fingerprint density at radius 2 is 1.92 bits per heavy atom. The lowest BCUT2D eigenvalue weighted by molar-refractivity contribution is -0.926. The highest BCUT2D eigenvalue weighted by atomic mass is 79.9. The van der Waals surface area contributed by atoms with E-state index in [2.05, 4.69) is 0 Å². The molecule has 1 aromatic carbocycles. The van der Waals surface area contributed by atoms with Gasteiger partial charge in [0.15, 0.2) is 0 Å². The van der Waals surface area contributed by atoms with Crippen molar-refractivity contribution < 1.29 is 43.8 Å². The Balaban J connectivity index is 0.00000288. The molecule has 0 N–H and O–H groups in total. The monoisotopic (exact) mass is 410 g/mol. The summed E-state index contributed by atoms with van der Waals surface area (Å²) in [7, 11) is 2.03. The van der Waals surface area contributed by atoms with E-state index in [9.17, 15) is 22.4 Å². The van der Waals surface area contributed by atoms with Gasteiger partial charge in [-0.15, -0.1) is 0 Å². The number of carbonyl (C=O) groups is 1. The van der Waals surface area contributed by atoms with Crippen molar-refractivity contribution in [3.05, 3.63) is 47.9 Å². The molecule has 134 valence electrons. The Bertz CT molecular complexity index is 596. The van der Waals surface area contributed by atoms with Gasteiger partial charge in [0.2, 0.25) is 0 Å². The summed E-state index contributed by atoms with van der Waals surface area (Å²) in [6, 6.07) is 6.42. The van der Waals surface area contributed by atoms with Gasteiger partial charge in [0, 0.05) is 17.8 Å². The zero-order valence-corrected chi connectivity index (χ0v) is 14.8.